The van der Waals surface area contributed by atoms with E-state index in [-0.39, 0.29) is 0 Å². The van der Waals surface area contributed by atoms with Crippen LogP contribution in [0.3, 0.4) is 0 Å². The van der Waals surface area contributed by atoms with Crippen molar-refractivity contribution in [3.05, 3.63) is 23.7 Å². The minimum Gasteiger partial charge on any atom is -0.245 e. The minimum absolute atomic E-state index is 0.763. The molecule has 0 spiro atoms. The van der Waals surface area contributed by atoms with Crippen LogP contribution in [0.5, 0.6) is 0 Å². The molecule has 0 unspecified atom stereocenters. The number of aromatic nitrogens is 1. The van der Waals surface area contributed by atoms with Crippen LogP contribution in [-0.2, 0) is 0 Å². The van der Waals surface area contributed by atoms with Crippen molar-refractivity contribution in [2.24, 2.45) is 0 Å². The van der Waals surface area contributed by atoms with E-state index in [1.807, 2.05) is 18.2 Å². The number of nitrogens with zero attached hydrogens (tertiary/aromatic N) is 1. The highest BCUT2D eigenvalue weighted by Crippen LogP contribution is 2.13. The lowest BCUT2D eigenvalue weighted by molar-refractivity contribution is 1.51. The molecule has 2 rings (SSSR count). The maximum Gasteiger partial charge on any atom is 0.116 e. The topological polar surface area (TPSA) is 12.9 Å². The number of fused-ring (bicyclic) bond motifs is 1. The molecule has 2 radical (unpaired) electrons. The van der Waals surface area contributed by atoms with Crippen LogP contribution < -0.4 is 5.46 Å². The van der Waals surface area contributed by atoms with E-state index in [0.717, 1.165) is 15.7 Å². The summed E-state index contributed by atoms with van der Waals surface area (Å²) in [7, 11) is 5.64. The predicted molar refractivity (Wildman–Crippen MR) is 45.0 cm³/mol. The average Bonchev–Trinajstić information content (AvgIpc) is 2.36. The third kappa shape index (κ3) is 0.744. The lowest BCUT2D eigenvalue weighted by Gasteiger charge is -1.90. The van der Waals surface area contributed by atoms with Crippen LogP contribution in [0.2, 0.25) is 0 Å². The Kier molecular flexibility index (Phi) is 1.24. The molecule has 2 aromatic rings. The fraction of sp³-hybridized carbons (Fsp3) is 0. The highest BCUT2D eigenvalue weighted by molar-refractivity contribution is 7.16. The quantitative estimate of drug-likeness (QED) is 0.505. The first-order valence-electron chi connectivity index (χ1n) is 2.95. The second kappa shape index (κ2) is 2.09. The van der Waals surface area contributed by atoms with Gasteiger partial charge in [0.15, 0.2) is 0 Å². The number of para-hydroxylation sites is 1. The van der Waals surface area contributed by atoms with Crippen LogP contribution >= 0.6 is 11.3 Å². The molecule has 0 aliphatic rings. The molecular formula is C7H4BNS. The summed E-state index contributed by atoms with van der Waals surface area (Å²) in [4.78, 5) is 4.11. The molecule has 3 heteroatoms. The van der Waals surface area contributed by atoms with Crippen LogP contribution in [0.1, 0.15) is 0 Å². The summed E-state index contributed by atoms with van der Waals surface area (Å²) in [6.07, 6.45) is 0. The van der Waals surface area contributed by atoms with E-state index in [9.17, 15) is 0 Å². The molecule has 0 aliphatic carbocycles. The van der Waals surface area contributed by atoms with Gasteiger partial charge in [0.25, 0.3) is 0 Å². The number of rotatable bonds is 0. The monoisotopic (exact) mass is 145 g/mol. The van der Waals surface area contributed by atoms with Gasteiger partial charge < -0.3 is 0 Å². The Hall–Kier alpha value is -0.825. The Balaban J connectivity index is 2.95. The van der Waals surface area contributed by atoms with E-state index in [2.05, 4.69) is 4.98 Å². The maximum absolute atomic E-state index is 5.64. The first-order valence-corrected chi connectivity index (χ1v) is 3.83. The van der Waals surface area contributed by atoms with Crippen molar-refractivity contribution in [3.63, 3.8) is 0 Å². The predicted octanol–water partition coefficient (Wildman–Crippen LogP) is 1.09. The fourth-order valence-electron chi connectivity index (χ4n) is 0.908. The van der Waals surface area contributed by atoms with Crippen molar-refractivity contribution in [1.82, 2.24) is 4.98 Å². The van der Waals surface area contributed by atoms with Crippen molar-refractivity contribution in [2.75, 3.05) is 0 Å². The molecule has 0 fully saturated rings. The lowest BCUT2D eigenvalue weighted by atomic mass is 9.95. The molecule has 1 aromatic carbocycles. The Morgan fingerprint density at radius 2 is 2.30 bits per heavy atom. The zero-order valence-electron chi connectivity index (χ0n) is 5.24. The summed E-state index contributed by atoms with van der Waals surface area (Å²) in [5.41, 5.74) is 3.49. The van der Waals surface area contributed by atoms with E-state index in [1.165, 1.54) is 0 Å². The van der Waals surface area contributed by atoms with Crippen LogP contribution in [-0.4, -0.2) is 12.8 Å². The van der Waals surface area contributed by atoms with Crippen molar-refractivity contribution < 1.29 is 0 Å². The average molecular weight is 145 g/mol. The smallest absolute Gasteiger partial charge is 0.116 e. The summed E-state index contributed by atoms with van der Waals surface area (Å²) >= 11 is 1.61. The molecule has 46 valence electrons. The number of thiazole rings is 1. The number of hydrogen-bond acceptors (Lipinski definition) is 2. The van der Waals surface area contributed by atoms with E-state index in [0.29, 0.717) is 0 Å². The van der Waals surface area contributed by atoms with Gasteiger partial charge in [-0.1, -0.05) is 17.6 Å². The molecule has 1 heterocycles. The first-order chi connectivity index (χ1) is 4.88. The molecule has 0 saturated carbocycles. The molecule has 1 nitrogen and oxygen atoms in total. The molecule has 1 aromatic heterocycles. The van der Waals surface area contributed by atoms with E-state index < -0.39 is 0 Å². The van der Waals surface area contributed by atoms with Gasteiger partial charge in [0, 0.05) is 0 Å². The Labute approximate surface area is 64.1 Å². The Morgan fingerprint density at radius 3 is 3.10 bits per heavy atom. The normalized spacial score (nSPS) is 10.4. The molecule has 0 saturated heterocycles. The minimum atomic E-state index is 0.763. The molecule has 0 aliphatic heterocycles. The van der Waals surface area contributed by atoms with Gasteiger partial charge in [0.1, 0.15) is 7.85 Å². The van der Waals surface area contributed by atoms with E-state index in [4.69, 9.17) is 7.85 Å². The van der Waals surface area contributed by atoms with Crippen LogP contribution in [0.25, 0.3) is 10.2 Å². The highest BCUT2D eigenvalue weighted by atomic mass is 32.1. The summed E-state index contributed by atoms with van der Waals surface area (Å²) in [6, 6.07) is 5.82. The van der Waals surface area contributed by atoms with Crippen molar-refractivity contribution in [2.45, 2.75) is 0 Å². The molecule has 0 N–H and O–H groups in total. The lowest BCUT2D eigenvalue weighted by Crippen LogP contribution is -2.01. The SMILES string of the molecule is [B]c1cccc2scnc12. The third-order valence-corrected chi connectivity index (χ3v) is 2.19. The highest BCUT2D eigenvalue weighted by Gasteiger charge is 1.95. The van der Waals surface area contributed by atoms with Crippen molar-refractivity contribution in [3.8, 4) is 0 Å². The molecule has 0 atom stereocenters. The summed E-state index contributed by atoms with van der Waals surface area (Å²) in [5.74, 6) is 0. The maximum atomic E-state index is 5.64. The Morgan fingerprint density at radius 1 is 1.40 bits per heavy atom. The third-order valence-electron chi connectivity index (χ3n) is 1.39. The van der Waals surface area contributed by atoms with Crippen molar-refractivity contribution >= 4 is 34.9 Å². The van der Waals surface area contributed by atoms with Gasteiger partial charge in [-0.3, -0.25) is 0 Å². The second-order valence-corrected chi connectivity index (χ2v) is 2.93. The van der Waals surface area contributed by atoms with E-state index >= 15 is 0 Å². The van der Waals surface area contributed by atoms with Gasteiger partial charge in [-0.05, 0) is 6.07 Å². The molecule has 0 bridgehead atoms. The summed E-state index contributed by atoms with van der Waals surface area (Å²) < 4.78 is 1.15. The fourth-order valence-corrected chi connectivity index (χ4v) is 1.62. The van der Waals surface area contributed by atoms with Crippen molar-refractivity contribution in [1.29, 1.82) is 0 Å². The largest absolute Gasteiger partial charge is 0.245 e. The van der Waals surface area contributed by atoms with Gasteiger partial charge in [0.2, 0.25) is 0 Å². The number of benzene rings is 1. The standard InChI is InChI=1S/C7H4BNS/c8-5-2-1-3-6-7(5)9-4-10-6/h1-4H. The molecule has 10 heavy (non-hydrogen) atoms. The van der Waals surface area contributed by atoms with E-state index in [1.54, 1.807) is 16.8 Å². The zero-order valence-corrected chi connectivity index (χ0v) is 6.06. The summed E-state index contributed by atoms with van der Waals surface area (Å²) in [5, 5.41) is 0. The van der Waals surface area contributed by atoms with Gasteiger partial charge in [-0.25, -0.2) is 4.98 Å². The summed E-state index contributed by atoms with van der Waals surface area (Å²) in [6.45, 7) is 0. The second-order valence-electron chi connectivity index (χ2n) is 2.05. The zero-order chi connectivity index (χ0) is 6.97. The first kappa shape index (κ1) is 5.92. The van der Waals surface area contributed by atoms with Crippen LogP contribution in [0, 0.1) is 0 Å². The Bertz CT molecular complexity index is 355. The molecule has 0 amide bonds. The van der Waals surface area contributed by atoms with Gasteiger partial charge in [0.05, 0.1) is 15.7 Å². The van der Waals surface area contributed by atoms with Gasteiger partial charge in [-0.2, -0.15) is 0 Å². The molecular weight excluding hydrogens is 141 g/mol. The van der Waals surface area contributed by atoms with Gasteiger partial charge in [-0.15, -0.1) is 11.3 Å². The van der Waals surface area contributed by atoms with Gasteiger partial charge >= 0.3 is 0 Å². The van der Waals surface area contributed by atoms with Crippen LogP contribution in [0.4, 0.5) is 0 Å². The van der Waals surface area contributed by atoms with Crippen LogP contribution in [0.15, 0.2) is 23.7 Å². The number of hydrogen-bond donors (Lipinski definition) is 0.